The minimum Gasteiger partial charge on any atom is -0.276 e. The van der Waals surface area contributed by atoms with Crippen LogP contribution in [0, 0.1) is 0 Å². The molecule has 0 spiro atoms. The first-order valence-electron chi connectivity index (χ1n) is 9.08. The molecular weight excluding hydrogens is 316 g/mol. The van der Waals surface area contributed by atoms with Crippen molar-refractivity contribution in [2.75, 3.05) is 0 Å². The Morgan fingerprint density at radius 2 is 1.54 bits per heavy atom. The maximum atomic E-state index is 11.7. The Balaban J connectivity index is 2.22. The maximum absolute atomic E-state index is 11.7. The predicted octanol–water partition coefficient (Wildman–Crippen LogP) is 6.71. The van der Waals surface area contributed by atoms with E-state index >= 15 is 0 Å². The molecular formula is C22H25ClO. The van der Waals surface area contributed by atoms with Gasteiger partial charge in [-0.2, -0.15) is 0 Å². The lowest BCUT2D eigenvalue weighted by Gasteiger charge is -2.32. The summed E-state index contributed by atoms with van der Waals surface area (Å²) >= 11 is 5.78. The molecule has 0 saturated heterocycles. The highest BCUT2D eigenvalue weighted by atomic mass is 35.5. The smallest absolute Gasteiger partial charge is 0.252 e. The lowest BCUT2D eigenvalue weighted by atomic mass is 9.70. The zero-order chi connectivity index (χ0) is 17.2. The maximum Gasteiger partial charge on any atom is 0.252 e. The van der Waals surface area contributed by atoms with Gasteiger partial charge in [-0.3, -0.25) is 4.79 Å². The van der Waals surface area contributed by atoms with Gasteiger partial charge in [-0.05, 0) is 58.8 Å². The number of hydrogen-bond acceptors (Lipinski definition) is 1. The molecule has 0 bridgehead atoms. The van der Waals surface area contributed by atoms with Crippen molar-refractivity contribution in [2.45, 2.75) is 57.8 Å². The Kier molecular flexibility index (Phi) is 5.10. The number of carbonyl (C=O) groups excluding carboxylic acids is 1. The molecule has 0 aliphatic heterocycles. The van der Waals surface area contributed by atoms with E-state index in [2.05, 4.69) is 50.2 Å². The van der Waals surface area contributed by atoms with E-state index in [0.717, 1.165) is 12.8 Å². The van der Waals surface area contributed by atoms with E-state index in [1.165, 1.54) is 47.9 Å². The Bertz CT molecular complexity index is 739. The van der Waals surface area contributed by atoms with Crippen molar-refractivity contribution in [3.05, 3.63) is 59.2 Å². The van der Waals surface area contributed by atoms with Crippen LogP contribution in [0.5, 0.6) is 0 Å². The first-order chi connectivity index (χ1) is 11.6. The van der Waals surface area contributed by atoms with Gasteiger partial charge in [-0.25, -0.2) is 0 Å². The molecule has 0 radical (unpaired) electrons. The van der Waals surface area contributed by atoms with Crippen molar-refractivity contribution in [3.63, 3.8) is 0 Å². The molecule has 1 nitrogen and oxygen atoms in total. The highest BCUT2D eigenvalue weighted by Gasteiger charge is 2.42. The van der Waals surface area contributed by atoms with Gasteiger partial charge < -0.3 is 0 Å². The minimum atomic E-state index is -0.367. The molecule has 3 rings (SSSR count). The number of hydrogen-bond donors (Lipinski definition) is 0. The number of rotatable bonds is 7. The fourth-order valence-corrected chi connectivity index (χ4v) is 4.32. The first kappa shape index (κ1) is 17.2. The summed E-state index contributed by atoms with van der Waals surface area (Å²) in [5.41, 5.74) is 5.98. The number of halogens is 1. The molecule has 0 unspecified atom stereocenters. The van der Waals surface area contributed by atoms with Crippen LogP contribution in [0.2, 0.25) is 0 Å². The molecule has 0 atom stereocenters. The third kappa shape index (κ3) is 2.80. The third-order valence-corrected chi connectivity index (χ3v) is 5.63. The lowest BCUT2D eigenvalue weighted by Crippen LogP contribution is -2.25. The summed E-state index contributed by atoms with van der Waals surface area (Å²) in [5.74, 6) is 0. The molecule has 2 aromatic rings. The van der Waals surface area contributed by atoms with Crippen molar-refractivity contribution in [1.29, 1.82) is 0 Å². The molecule has 1 aliphatic rings. The Morgan fingerprint density at radius 3 is 2.17 bits per heavy atom. The predicted molar refractivity (Wildman–Crippen MR) is 102 cm³/mol. The van der Waals surface area contributed by atoms with E-state index in [0.29, 0.717) is 5.56 Å². The first-order valence-corrected chi connectivity index (χ1v) is 9.46. The Morgan fingerprint density at radius 1 is 0.917 bits per heavy atom. The van der Waals surface area contributed by atoms with Gasteiger partial charge in [0.15, 0.2) is 0 Å². The van der Waals surface area contributed by atoms with E-state index in [-0.39, 0.29) is 10.7 Å². The molecule has 0 N–H and O–H groups in total. The summed E-state index contributed by atoms with van der Waals surface area (Å²) in [7, 11) is 0. The Labute approximate surface area is 150 Å². The molecule has 0 amide bonds. The minimum absolute atomic E-state index is 0.0281. The number of fused-ring (bicyclic) bond motifs is 3. The highest BCUT2D eigenvalue weighted by Crippen LogP contribution is 2.54. The van der Waals surface area contributed by atoms with Crippen LogP contribution in [0.15, 0.2) is 42.5 Å². The van der Waals surface area contributed by atoms with Crippen molar-refractivity contribution >= 4 is 16.8 Å². The summed E-state index contributed by atoms with van der Waals surface area (Å²) in [5, 5.41) is -0.367. The standard InChI is InChI=1S/C22H25ClO/c1-3-5-13-22(14-6-4-2)19-10-8-7-9-17(19)18-12-11-16(21(23)24)15-20(18)22/h7-12,15H,3-6,13-14H2,1-2H3. The fourth-order valence-electron chi connectivity index (χ4n) is 4.20. The van der Waals surface area contributed by atoms with Gasteiger partial charge in [0.25, 0.3) is 5.24 Å². The molecule has 0 saturated carbocycles. The summed E-state index contributed by atoms with van der Waals surface area (Å²) in [6, 6.07) is 14.8. The van der Waals surface area contributed by atoms with Crippen LogP contribution in [-0.4, -0.2) is 5.24 Å². The van der Waals surface area contributed by atoms with Crippen LogP contribution >= 0.6 is 11.6 Å². The second kappa shape index (κ2) is 7.11. The molecule has 0 heterocycles. The molecule has 2 aromatic carbocycles. The van der Waals surface area contributed by atoms with Crippen molar-refractivity contribution < 1.29 is 4.79 Å². The summed E-state index contributed by atoms with van der Waals surface area (Å²) in [6.07, 6.45) is 7.01. The zero-order valence-corrected chi connectivity index (χ0v) is 15.3. The largest absolute Gasteiger partial charge is 0.276 e. The van der Waals surface area contributed by atoms with Crippen LogP contribution in [0.1, 0.15) is 73.9 Å². The van der Waals surface area contributed by atoms with Crippen LogP contribution in [0.25, 0.3) is 11.1 Å². The average Bonchev–Trinajstić information content (AvgIpc) is 2.88. The SMILES string of the molecule is CCCCC1(CCCC)c2ccccc2-c2ccc(C(=O)Cl)cc21. The van der Waals surface area contributed by atoms with Gasteiger partial charge in [-0.1, -0.05) is 69.9 Å². The Hall–Kier alpha value is -1.60. The third-order valence-electron chi connectivity index (χ3n) is 5.41. The number of benzene rings is 2. The van der Waals surface area contributed by atoms with Gasteiger partial charge in [0.2, 0.25) is 0 Å². The van der Waals surface area contributed by atoms with E-state index in [4.69, 9.17) is 11.6 Å². The van der Waals surface area contributed by atoms with E-state index in [1.807, 2.05) is 6.07 Å². The zero-order valence-electron chi connectivity index (χ0n) is 14.6. The normalized spacial score (nSPS) is 14.3. The van der Waals surface area contributed by atoms with E-state index in [9.17, 15) is 4.79 Å². The molecule has 2 heteroatoms. The van der Waals surface area contributed by atoms with Crippen LogP contribution in [0.4, 0.5) is 0 Å². The van der Waals surface area contributed by atoms with Gasteiger partial charge in [0.1, 0.15) is 0 Å². The van der Waals surface area contributed by atoms with E-state index < -0.39 is 0 Å². The van der Waals surface area contributed by atoms with E-state index in [1.54, 1.807) is 0 Å². The molecule has 1 aliphatic carbocycles. The second-order valence-electron chi connectivity index (χ2n) is 6.87. The van der Waals surface area contributed by atoms with Gasteiger partial charge >= 0.3 is 0 Å². The molecule has 0 fully saturated rings. The molecule has 24 heavy (non-hydrogen) atoms. The molecule has 126 valence electrons. The van der Waals surface area contributed by atoms with Crippen LogP contribution in [-0.2, 0) is 5.41 Å². The quantitative estimate of drug-likeness (QED) is 0.512. The van der Waals surface area contributed by atoms with Crippen LogP contribution < -0.4 is 0 Å². The number of carbonyl (C=O) groups is 1. The summed E-state index contributed by atoms with van der Waals surface area (Å²) < 4.78 is 0. The topological polar surface area (TPSA) is 17.1 Å². The average molecular weight is 341 g/mol. The van der Waals surface area contributed by atoms with Gasteiger partial charge in [0.05, 0.1) is 0 Å². The van der Waals surface area contributed by atoms with Crippen molar-refractivity contribution in [2.24, 2.45) is 0 Å². The van der Waals surface area contributed by atoms with Crippen molar-refractivity contribution in [1.82, 2.24) is 0 Å². The van der Waals surface area contributed by atoms with Crippen LogP contribution in [0.3, 0.4) is 0 Å². The summed E-state index contributed by atoms with van der Waals surface area (Å²) in [4.78, 5) is 11.7. The monoisotopic (exact) mass is 340 g/mol. The molecule has 0 aromatic heterocycles. The van der Waals surface area contributed by atoms with Gasteiger partial charge in [0, 0.05) is 11.0 Å². The summed E-state index contributed by atoms with van der Waals surface area (Å²) in [6.45, 7) is 4.49. The van der Waals surface area contributed by atoms with Gasteiger partial charge in [-0.15, -0.1) is 0 Å². The highest BCUT2D eigenvalue weighted by molar-refractivity contribution is 6.67. The fraction of sp³-hybridized carbons (Fsp3) is 0.409. The lowest BCUT2D eigenvalue weighted by molar-refractivity contribution is 0.108. The second-order valence-corrected chi connectivity index (χ2v) is 7.21. The van der Waals surface area contributed by atoms with Crippen molar-refractivity contribution in [3.8, 4) is 11.1 Å². The number of unbranched alkanes of at least 4 members (excludes halogenated alkanes) is 2.